The van der Waals surface area contributed by atoms with Crippen LogP contribution in [0.15, 0.2) is 83.6 Å². The maximum absolute atomic E-state index is 12.1. The first-order chi connectivity index (χ1) is 14.8. The summed E-state index contributed by atoms with van der Waals surface area (Å²) < 4.78 is 6.77. The number of nitrogens with one attached hydrogen (secondary N) is 2. The lowest BCUT2D eigenvalue weighted by atomic mass is 10.1. The zero-order chi connectivity index (χ0) is 20.3. The van der Waals surface area contributed by atoms with Crippen LogP contribution in [0.1, 0.15) is 0 Å². The van der Waals surface area contributed by atoms with E-state index in [2.05, 4.69) is 30.9 Å². The Kier molecular flexibility index (Phi) is 4.37. The average molecular weight is 397 g/mol. The van der Waals surface area contributed by atoms with Crippen LogP contribution >= 0.6 is 0 Å². The van der Waals surface area contributed by atoms with Crippen LogP contribution in [-0.4, -0.2) is 30.8 Å². The van der Waals surface area contributed by atoms with Gasteiger partial charge in [0.05, 0.1) is 12.0 Å². The maximum Gasteiger partial charge on any atom is 0.326 e. The Morgan fingerprint density at radius 2 is 1.87 bits per heavy atom. The molecule has 0 saturated heterocycles. The Bertz CT molecular complexity index is 1310. The van der Waals surface area contributed by atoms with Crippen molar-refractivity contribution < 1.29 is 9.21 Å². The summed E-state index contributed by atoms with van der Waals surface area (Å²) in [6.45, 7) is 0. The number of urea groups is 1. The fraction of sp³-hybridized carbons (Fsp3) is 0. The van der Waals surface area contributed by atoms with E-state index in [1.807, 2.05) is 48.5 Å². The van der Waals surface area contributed by atoms with Gasteiger partial charge in [0, 0.05) is 23.5 Å². The molecule has 0 spiro atoms. The third-order valence-corrected chi connectivity index (χ3v) is 4.33. The Labute approximate surface area is 170 Å². The molecule has 9 nitrogen and oxygen atoms in total. The summed E-state index contributed by atoms with van der Waals surface area (Å²) in [6, 6.07) is 19.6. The molecule has 2 amide bonds. The van der Waals surface area contributed by atoms with Crippen molar-refractivity contribution in [3.63, 3.8) is 0 Å². The number of rotatable bonds is 4. The Morgan fingerprint density at radius 1 is 0.900 bits per heavy atom. The Balaban J connectivity index is 1.44. The molecule has 0 bridgehead atoms. The highest BCUT2D eigenvalue weighted by Crippen LogP contribution is 2.23. The molecule has 0 atom stereocenters. The molecule has 146 valence electrons. The number of fused-ring (bicyclic) bond motifs is 1. The van der Waals surface area contributed by atoms with Crippen LogP contribution in [0.2, 0.25) is 0 Å². The minimum absolute atomic E-state index is 0.366. The molecule has 1 aromatic carbocycles. The molecule has 0 saturated carbocycles. The van der Waals surface area contributed by atoms with Crippen molar-refractivity contribution in [2.75, 3.05) is 10.6 Å². The highest BCUT2D eigenvalue weighted by atomic mass is 16.3. The van der Waals surface area contributed by atoms with Gasteiger partial charge in [-0.3, -0.25) is 10.3 Å². The molecule has 30 heavy (non-hydrogen) atoms. The molecule has 2 N–H and O–H groups in total. The number of carbonyl (C=O) groups is 1. The molecule has 9 heteroatoms. The highest BCUT2D eigenvalue weighted by molar-refractivity contribution is 5.99. The summed E-state index contributed by atoms with van der Waals surface area (Å²) in [6.07, 6.45) is 3.19. The summed E-state index contributed by atoms with van der Waals surface area (Å²) >= 11 is 0. The van der Waals surface area contributed by atoms with Gasteiger partial charge in [-0.1, -0.05) is 18.2 Å². The van der Waals surface area contributed by atoms with E-state index in [1.54, 1.807) is 28.9 Å². The van der Waals surface area contributed by atoms with Crippen molar-refractivity contribution in [2.24, 2.45) is 0 Å². The monoisotopic (exact) mass is 397 g/mol. The Morgan fingerprint density at radius 3 is 2.70 bits per heavy atom. The van der Waals surface area contributed by atoms with Gasteiger partial charge in [0.25, 0.3) is 0 Å². The topological polar surface area (TPSA) is 110 Å². The largest absolute Gasteiger partial charge is 0.449 e. The lowest BCUT2D eigenvalue weighted by molar-refractivity contribution is 0.261. The second-order valence-corrected chi connectivity index (χ2v) is 6.36. The van der Waals surface area contributed by atoms with E-state index in [9.17, 15) is 4.79 Å². The van der Waals surface area contributed by atoms with Crippen LogP contribution in [0.4, 0.5) is 16.4 Å². The summed E-state index contributed by atoms with van der Waals surface area (Å²) in [5.74, 6) is 0.921. The van der Waals surface area contributed by atoms with Gasteiger partial charge in [-0.2, -0.15) is 9.61 Å². The molecule has 0 radical (unpaired) electrons. The van der Waals surface area contributed by atoms with E-state index in [0.29, 0.717) is 34.4 Å². The molecule has 0 aliphatic carbocycles. The molecule has 0 fully saturated rings. The molecule has 5 rings (SSSR count). The minimum atomic E-state index is -0.401. The SMILES string of the molecule is O=C(Nc1cccc(-c2ccc3nnc(-c4ccccn4)n3n2)c1)Nc1ccco1. The molecule has 0 unspecified atom stereocenters. The van der Waals surface area contributed by atoms with Crippen molar-refractivity contribution in [2.45, 2.75) is 0 Å². The fourth-order valence-corrected chi connectivity index (χ4v) is 2.98. The molecule has 4 heterocycles. The van der Waals surface area contributed by atoms with Crippen LogP contribution in [-0.2, 0) is 0 Å². The van der Waals surface area contributed by atoms with Crippen molar-refractivity contribution >= 4 is 23.2 Å². The Hall–Kier alpha value is -4.53. The number of benzene rings is 1. The second-order valence-electron chi connectivity index (χ2n) is 6.36. The molecule has 5 aromatic rings. The van der Waals surface area contributed by atoms with Crippen molar-refractivity contribution in [1.29, 1.82) is 0 Å². The number of hydrogen-bond donors (Lipinski definition) is 2. The van der Waals surface area contributed by atoms with Crippen LogP contribution in [0.3, 0.4) is 0 Å². The zero-order valence-corrected chi connectivity index (χ0v) is 15.6. The summed E-state index contributed by atoms with van der Waals surface area (Å²) in [7, 11) is 0. The van der Waals surface area contributed by atoms with Crippen molar-refractivity contribution in [3.8, 4) is 22.8 Å². The van der Waals surface area contributed by atoms with Crippen LogP contribution in [0.5, 0.6) is 0 Å². The van der Waals surface area contributed by atoms with E-state index < -0.39 is 6.03 Å². The van der Waals surface area contributed by atoms with Gasteiger partial charge in [-0.15, -0.1) is 10.2 Å². The molecule has 4 aromatic heterocycles. The van der Waals surface area contributed by atoms with Gasteiger partial charge in [-0.05, 0) is 42.5 Å². The van der Waals surface area contributed by atoms with Crippen LogP contribution in [0.25, 0.3) is 28.4 Å². The van der Waals surface area contributed by atoms with E-state index in [-0.39, 0.29) is 0 Å². The highest BCUT2D eigenvalue weighted by Gasteiger charge is 2.12. The van der Waals surface area contributed by atoms with Crippen LogP contribution in [0, 0.1) is 0 Å². The third kappa shape index (κ3) is 3.47. The van der Waals surface area contributed by atoms with E-state index in [4.69, 9.17) is 4.42 Å². The molecular weight excluding hydrogens is 382 g/mol. The lowest BCUT2D eigenvalue weighted by Gasteiger charge is -2.08. The first-order valence-electron chi connectivity index (χ1n) is 9.12. The molecular formula is C21H15N7O2. The average Bonchev–Trinajstić information content (AvgIpc) is 3.43. The van der Waals surface area contributed by atoms with Crippen LogP contribution < -0.4 is 10.6 Å². The standard InChI is InChI=1S/C21H15N7O2/c29-21(24-19-8-4-12-30-19)23-15-6-3-5-14(13-15)16-9-10-18-25-26-20(28(18)27-16)17-7-1-2-11-22-17/h1-13H,(H2,23,24,29). The second kappa shape index (κ2) is 7.47. The number of carbonyl (C=O) groups excluding carboxylic acids is 1. The number of amides is 2. The van der Waals surface area contributed by atoms with Gasteiger partial charge in [0.1, 0.15) is 5.69 Å². The zero-order valence-electron chi connectivity index (χ0n) is 15.6. The summed E-state index contributed by atoms with van der Waals surface area (Å²) in [4.78, 5) is 16.5. The summed E-state index contributed by atoms with van der Waals surface area (Å²) in [5, 5.41) is 18.4. The lowest BCUT2D eigenvalue weighted by Crippen LogP contribution is -2.18. The fourth-order valence-electron chi connectivity index (χ4n) is 2.98. The molecule has 0 aliphatic heterocycles. The maximum atomic E-state index is 12.1. The van der Waals surface area contributed by atoms with E-state index >= 15 is 0 Å². The molecule has 0 aliphatic rings. The first-order valence-corrected chi connectivity index (χ1v) is 9.12. The van der Waals surface area contributed by atoms with E-state index in [0.717, 1.165) is 5.56 Å². The van der Waals surface area contributed by atoms with Gasteiger partial charge < -0.3 is 9.73 Å². The van der Waals surface area contributed by atoms with Gasteiger partial charge in [0.2, 0.25) is 11.7 Å². The van der Waals surface area contributed by atoms with Crippen molar-refractivity contribution in [1.82, 2.24) is 24.8 Å². The number of aromatic nitrogens is 5. The normalized spacial score (nSPS) is 10.8. The minimum Gasteiger partial charge on any atom is -0.449 e. The predicted octanol–water partition coefficient (Wildman–Crippen LogP) is 4.09. The number of anilines is 2. The van der Waals surface area contributed by atoms with Gasteiger partial charge >= 0.3 is 6.03 Å². The summed E-state index contributed by atoms with van der Waals surface area (Å²) in [5.41, 5.74) is 3.45. The predicted molar refractivity (Wildman–Crippen MR) is 111 cm³/mol. The number of hydrogen-bond acceptors (Lipinski definition) is 6. The third-order valence-electron chi connectivity index (χ3n) is 4.33. The quantitative estimate of drug-likeness (QED) is 0.473. The van der Waals surface area contributed by atoms with E-state index in [1.165, 1.54) is 6.26 Å². The smallest absolute Gasteiger partial charge is 0.326 e. The van der Waals surface area contributed by atoms with Gasteiger partial charge in [-0.25, -0.2) is 4.79 Å². The van der Waals surface area contributed by atoms with Crippen molar-refractivity contribution in [3.05, 3.63) is 79.2 Å². The van der Waals surface area contributed by atoms with Gasteiger partial charge in [0.15, 0.2) is 5.65 Å². The first kappa shape index (κ1) is 17.6. The number of nitrogens with zero attached hydrogens (tertiary/aromatic N) is 5. The number of furan rings is 1. The number of pyridine rings is 1.